The van der Waals surface area contributed by atoms with Gasteiger partial charge in [0, 0.05) is 37.6 Å². The summed E-state index contributed by atoms with van der Waals surface area (Å²) in [6.45, 7) is 5.36. The van der Waals surface area contributed by atoms with Crippen LogP contribution in [0.1, 0.15) is 24.2 Å². The van der Waals surface area contributed by atoms with E-state index in [0.717, 1.165) is 6.54 Å². The summed E-state index contributed by atoms with van der Waals surface area (Å²) in [5, 5.41) is 3.32. The van der Waals surface area contributed by atoms with E-state index in [2.05, 4.69) is 10.3 Å². The highest BCUT2D eigenvalue weighted by atomic mass is 35.5. The molecule has 1 saturated heterocycles. The first kappa shape index (κ1) is 16.5. The molecule has 3 heterocycles. The van der Waals surface area contributed by atoms with Crippen molar-refractivity contribution >= 4 is 24.0 Å². The Balaban J connectivity index is 0.00000176. The molecule has 0 aliphatic carbocycles. The maximum Gasteiger partial charge on any atom is 0.270 e. The minimum absolute atomic E-state index is 0. The molecule has 0 bridgehead atoms. The fraction of sp³-hybridized carbons (Fsp3) is 0.400. The number of carbonyl (C=O) groups excluding carboxylic acids is 1. The minimum Gasteiger partial charge on any atom is -0.333 e. The molecule has 2 aromatic heterocycles. The van der Waals surface area contributed by atoms with Crippen LogP contribution in [0.2, 0.25) is 0 Å². The topological polar surface area (TPSA) is 66.7 Å². The van der Waals surface area contributed by atoms with E-state index in [1.807, 2.05) is 19.9 Å². The van der Waals surface area contributed by atoms with Crippen molar-refractivity contribution in [1.29, 1.82) is 0 Å². The summed E-state index contributed by atoms with van der Waals surface area (Å²) < 4.78 is 1.41. The second kappa shape index (κ2) is 6.46. The van der Waals surface area contributed by atoms with Gasteiger partial charge in [0.1, 0.15) is 11.2 Å². The van der Waals surface area contributed by atoms with Crippen molar-refractivity contribution in [3.05, 3.63) is 46.5 Å². The number of halogens is 1. The van der Waals surface area contributed by atoms with Crippen molar-refractivity contribution < 1.29 is 4.79 Å². The molecule has 0 spiro atoms. The highest BCUT2D eigenvalue weighted by Gasteiger charge is 2.30. The lowest BCUT2D eigenvalue weighted by Gasteiger charge is -2.38. The van der Waals surface area contributed by atoms with Gasteiger partial charge in [-0.1, -0.05) is 6.07 Å². The number of hydrogen-bond donors (Lipinski definition) is 1. The molecule has 2 aromatic rings. The van der Waals surface area contributed by atoms with Crippen molar-refractivity contribution in [2.45, 2.75) is 25.9 Å². The number of rotatable bonds is 1. The van der Waals surface area contributed by atoms with Gasteiger partial charge in [0.25, 0.3) is 11.5 Å². The van der Waals surface area contributed by atoms with Gasteiger partial charge in [0.05, 0.1) is 0 Å². The van der Waals surface area contributed by atoms with Crippen LogP contribution >= 0.6 is 12.4 Å². The second-order valence-corrected chi connectivity index (χ2v) is 5.39. The van der Waals surface area contributed by atoms with E-state index >= 15 is 0 Å². The maximum absolute atomic E-state index is 12.7. The molecule has 0 saturated carbocycles. The highest BCUT2D eigenvalue weighted by molar-refractivity contribution is 5.94. The summed E-state index contributed by atoms with van der Waals surface area (Å²) in [7, 11) is 0. The molecule has 2 unspecified atom stereocenters. The Bertz CT molecular complexity index is 746. The first-order valence-corrected chi connectivity index (χ1v) is 7.10. The number of piperazine rings is 1. The van der Waals surface area contributed by atoms with Crippen LogP contribution in [0.15, 0.2) is 35.4 Å². The minimum atomic E-state index is -0.316. The first-order chi connectivity index (χ1) is 10.1. The molecule has 1 N–H and O–H groups in total. The summed E-state index contributed by atoms with van der Waals surface area (Å²) in [6.07, 6.45) is 3.02. The van der Waals surface area contributed by atoms with Gasteiger partial charge in [-0.2, -0.15) is 0 Å². The SMILES string of the molecule is CC1NCCN(C(=O)c2cnc3ccccn3c2=O)C1C.Cl. The third-order valence-corrected chi connectivity index (χ3v) is 4.14. The van der Waals surface area contributed by atoms with E-state index < -0.39 is 0 Å². The molecule has 0 aromatic carbocycles. The summed E-state index contributed by atoms with van der Waals surface area (Å²) in [5.41, 5.74) is 0.351. The number of amides is 1. The van der Waals surface area contributed by atoms with Crippen LogP contribution in [0, 0.1) is 0 Å². The predicted octanol–water partition coefficient (Wildman–Crippen LogP) is 0.939. The van der Waals surface area contributed by atoms with E-state index in [1.54, 1.807) is 23.2 Å². The Morgan fingerprint density at radius 3 is 2.91 bits per heavy atom. The van der Waals surface area contributed by atoms with Crippen LogP contribution in [-0.4, -0.2) is 45.4 Å². The molecule has 118 valence electrons. The van der Waals surface area contributed by atoms with E-state index in [9.17, 15) is 9.59 Å². The molecule has 2 atom stereocenters. The van der Waals surface area contributed by atoms with Crippen LogP contribution in [0.5, 0.6) is 0 Å². The molecule has 1 aliphatic heterocycles. The third kappa shape index (κ3) is 2.71. The lowest BCUT2D eigenvalue weighted by molar-refractivity contribution is 0.0600. The zero-order valence-electron chi connectivity index (χ0n) is 12.5. The van der Waals surface area contributed by atoms with Crippen molar-refractivity contribution in [3.8, 4) is 0 Å². The summed E-state index contributed by atoms with van der Waals surface area (Å²) >= 11 is 0. The first-order valence-electron chi connectivity index (χ1n) is 7.10. The second-order valence-electron chi connectivity index (χ2n) is 5.39. The van der Waals surface area contributed by atoms with Crippen molar-refractivity contribution in [2.24, 2.45) is 0 Å². The van der Waals surface area contributed by atoms with E-state index in [0.29, 0.717) is 12.2 Å². The Morgan fingerprint density at radius 1 is 1.36 bits per heavy atom. The lowest BCUT2D eigenvalue weighted by atomic mass is 10.1. The standard InChI is InChI=1S/C15H18N4O2.ClH/c1-10-11(2)18(8-6-16-10)14(20)12-9-17-13-5-3-4-7-19(13)15(12)21;/h3-5,7,9-11,16H,6,8H2,1-2H3;1H. The zero-order valence-corrected chi connectivity index (χ0v) is 13.3. The quantitative estimate of drug-likeness (QED) is 0.848. The molecule has 6 nitrogen and oxygen atoms in total. The average Bonchev–Trinajstić information content (AvgIpc) is 2.50. The fourth-order valence-electron chi connectivity index (χ4n) is 2.67. The number of fused-ring (bicyclic) bond motifs is 1. The summed E-state index contributed by atoms with van der Waals surface area (Å²) in [4.78, 5) is 31.1. The van der Waals surface area contributed by atoms with Gasteiger partial charge in [-0.3, -0.25) is 14.0 Å². The Kier molecular flexibility index (Phi) is 4.83. The molecule has 0 radical (unpaired) electrons. The fourth-order valence-corrected chi connectivity index (χ4v) is 2.67. The van der Waals surface area contributed by atoms with Crippen LogP contribution in [0.4, 0.5) is 0 Å². The third-order valence-electron chi connectivity index (χ3n) is 4.14. The van der Waals surface area contributed by atoms with Crippen LogP contribution < -0.4 is 10.9 Å². The number of nitrogens with zero attached hydrogens (tertiary/aromatic N) is 3. The molecular formula is C15H19ClN4O2. The van der Waals surface area contributed by atoms with Gasteiger partial charge >= 0.3 is 0 Å². The van der Waals surface area contributed by atoms with Crippen LogP contribution in [0.3, 0.4) is 0 Å². The number of hydrogen-bond acceptors (Lipinski definition) is 4. The highest BCUT2D eigenvalue weighted by Crippen LogP contribution is 2.12. The molecule has 1 aliphatic rings. The molecular weight excluding hydrogens is 304 g/mol. The lowest BCUT2D eigenvalue weighted by Crippen LogP contribution is -2.57. The van der Waals surface area contributed by atoms with Gasteiger partial charge in [-0.25, -0.2) is 4.98 Å². The van der Waals surface area contributed by atoms with E-state index in [4.69, 9.17) is 0 Å². The van der Waals surface area contributed by atoms with Gasteiger partial charge in [-0.05, 0) is 26.0 Å². The predicted molar refractivity (Wildman–Crippen MR) is 86.7 cm³/mol. The number of nitrogens with one attached hydrogen (secondary N) is 1. The smallest absolute Gasteiger partial charge is 0.270 e. The van der Waals surface area contributed by atoms with E-state index in [1.165, 1.54) is 10.6 Å². The van der Waals surface area contributed by atoms with Crippen molar-refractivity contribution in [3.63, 3.8) is 0 Å². The van der Waals surface area contributed by atoms with Gasteiger partial charge < -0.3 is 10.2 Å². The number of aromatic nitrogens is 2. The normalized spacial score (nSPS) is 21.5. The Morgan fingerprint density at radius 2 is 2.14 bits per heavy atom. The average molecular weight is 323 g/mol. The number of carbonyl (C=O) groups is 1. The molecule has 3 rings (SSSR count). The maximum atomic E-state index is 12.7. The monoisotopic (exact) mass is 322 g/mol. The van der Waals surface area contributed by atoms with Crippen LogP contribution in [-0.2, 0) is 0 Å². The Hall–Kier alpha value is -1.92. The molecule has 7 heteroatoms. The van der Waals surface area contributed by atoms with Gasteiger partial charge in [0.15, 0.2) is 0 Å². The largest absolute Gasteiger partial charge is 0.333 e. The van der Waals surface area contributed by atoms with Crippen molar-refractivity contribution in [2.75, 3.05) is 13.1 Å². The van der Waals surface area contributed by atoms with Crippen LogP contribution in [0.25, 0.3) is 5.65 Å². The van der Waals surface area contributed by atoms with E-state index in [-0.39, 0.29) is 41.5 Å². The van der Waals surface area contributed by atoms with Gasteiger partial charge in [-0.15, -0.1) is 12.4 Å². The zero-order chi connectivity index (χ0) is 15.0. The van der Waals surface area contributed by atoms with Crippen molar-refractivity contribution in [1.82, 2.24) is 19.6 Å². The van der Waals surface area contributed by atoms with Gasteiger partial charge in [0.2, 0.25) is 0 Å². The summed E-state index contributed by atoms with van der Waals surface area (Å²) in [6, 6.07) is 5.55. The number of pyridine rings is 1. The summed E-state index contributed by atoms with van der Waals surface area (Å²) in [5.74, 6) is -0.244. The Labute approximate surface area is 134 Å². The molecule has 22 heavy (non-hydrogen) atoms. The molecule has 1 fully saturated rings. The molecule has 1 amide bonds.